The Morgan fingerprint density at radius 3 is 2.46 bits per heavy atom. The number of carbonyl (C=O) groups excluding carboxylic acids is 1. The van der Waals surface area contributed by atoms with Crippen molar-refractivity contribution in [1.82, 2.24) is 10.2 Å². The Morgan fingerprint density at radius 1 is 1.33 bits per heavy atom. The van der Waals surface area contributed by atoms with Crippen LogP contribution in [-0.4, -0.2) is 58.3 Å². The summed E-state index contributed by atoms with van der Waals surface area (Å²) in [7, 11) is 1.71. The molecule has 0 aliphatic carbocycles. The Labute approximate surface area is 149 Å². The van der Waals surface area contributed by atoms with Crippen molar-refractivity contribution >= 4 is 27.3 Å². The number of methoxy groups -OCH3 is 1. The maximum atomic E-state index is 12.3. The molecule has 8 heteroatoms. The second kappa shape index (κ2) is 8.18. The van der Waals surface area contributed by atoms with Gasteiger partial charge in [-0.15, -0.1) is 0 Å². The normalized spacial score (nSPS) is 12.3. The standard InChI is InChI=1S/C16H25ClN2O4S/c1-16(2,19(3)4)11-18-15(20)8-9-24(21,22)12-6-7-14(23-5)13(17)10-12/h6-7,10H,8-9,11H2,1-5H3,(H,18,20). The fourth-order valence-electron chi connectivity index (χ4n) is 1.75. The molecule has 0 atom stereocenters. The molecular weight excluding hydrogens is 352 g/mol. The maximum absolute atomic E-state index is 12.3. The molecule has 1 N–H and O–H groups in total. The van der Waals surface area contributed by atoms with E-state index in [4.69, 9.17) is 16.3 Å². The summed E-state index contributed by atoms with van der Waals surface area (Å²) in [6, 6.07) is 4.25. The summed E-state index contributed by atoms with van der Waals surface area (Å²) in [5.41, 5.74) is -0.210. The van der Waals surface area contributed by atoms with Crippen LogP contribution in [0.2, 0.25) is 5.02 Å². The van der Waals surface area contributed by atoms with Crippen LogP contribution in [0.5, 0.6) is 5.75 Å². The highest BCUT2D eigenvalue weighted by Gasteiger charge is 2.22. The van der Waals surface area contributed by atoms with Gasteiger partial charge in [-0.3, -0.25) is 4.79 Å². The number of carbonyl (C=O) groups is 1. The van der Waals surface area contributed by atoms with E-state index in [2.05, 4.69) is 5.32 Å². The molecule has 136 valence electrons. The second-order valence-corrected chi connectivity index (χ2v) is 8.87. The van der Waals surface area contributed by atoms with E-state index < -0.39 is 9.84 Å². The summed E-state index contributed by atoms with van der Waals surface area (Å²) in [5.74, 6) is -0.170. The van der Waals surface area contributed by atoms with Crippen molar-refractivity contribution in [3.05, 3.63) is 23.2 Å². The van der Waals surface area contributed by atoms with Gasteiger partial charge < -0.3 is 15.0 Å². The molecule has 1 rings (SSSR count). The third kappa shape index (κ3) is 5.65. The van der Waals surface area contributed by atoms with Crippen molar-refractivity contribution in [3.63, 3.8) is 0 Å². The molecule has 0 aliphatic heterocycles. The van der Waals surface area contributed by atoms with Gasteiger partial charge in [-0.2, -0.15) is 0 Å². The molecule has 0 bridgehead atoms. The lowest BCUT2D eigenvalue weighted by molar-refractivity contribution is -0.121. The molecule has 6 nitrogen and oxygen atoms in total. The SMILES string of the molecule is COc1ccc(S(=O)(=O)CCC(=O)NCC(C)(C)N(C)C)cc1Cl. The first-order valence-corrected chi connectivity index (χ1v) is 9.53. The number of sulfone groups is 1. The van der Waals surface area contributed by atoms with E-state index in [0.29, 0.717) is 12.3 Å². The van der Waals surface area contributed by atoms with Crippen LogP contribution < -0.4 is 10.1 Å². The molecule has 0 aliphatic rings. The monoisotopic (exact) mass is 376 g/mol. The van der Waals surface area contributed by atoms with Gasteiger partial charge in [-0.1, -0.05) is 11.6 Å². The lowest BCUT2D eigenvalue weighted by Gasteiger charge is -2.32. The first-order chi connectivity index (χ1) is 11.0. The number of hydrogen-bond acceptors (Lipinski definition) is 5. The molecule has 24 heavy (non-hydrogen) atoms. The highest BCUT2D eigenvalue weighted by atomic mass is 35.5. The van der Waals surface area contributed by atoms with Crippen LogP contribution in [0.15, 0.2) is 23.1 Å². The summed E-state index contributed by atoms with van der Waals surface area (Å²) in [4.78, 5) is 14.0. The second-order valence-electron chi connectivity index (χ2n) is 6.35. The van der Waals surface area contributed by atoms with Crippen LogP contribution in [0.25, 0.3) is 0 Å². The molecule has 0 aromatic heterocycles. The number of rotatable bonds is 8. The zero-order valence-electron chi connectivity index (χ0n) is 14.7. The summed E-state index contributed by atoms with van der Waals surface area (Å²) in [6.07, 6.45) is -0.102. The molecule has 0 saturated heterocycles. The van der Waals surface area contributed by atoms with Crippen molar-refractivity contribution in [2.75, 3.05) is 33.5 Å². The number of nitrogens with zero attached hydrogens (tertiary/aromatic N) is 1. The van der Waals surface area contributed by atoms with E-state index in [1.165, 1.54) is 25.3 Å². The highest BCUT2D eigenvalue weighted by Crippen LogP contribution is 2.27. The fourth-order valence-corrected chi connectivity index (χ4v) is 3.33. The van der Waals surface area contributed by atoms with Gasteiger partial charge in [-0.25, -0.2) is 8.42 Å². The summed E-state index contributed by atoms with van der Waals surface area (Å²) in [5, 5.41) is 2.99. The van der Waals surface area contributed by atoms with Gasteiger partial charge >= 0.3 is 0 Å². The quantitative estimate of drug-likeness (QED) is 0.750. The largest absolute Gasteiger partial charge is 0.495 e. The van der Waals surface area contributed by atoms with Crippen LogP contribution >= 0.6 is 11.6 Å². The average molecular weight is 377 g/mol. The maximum Gasteiger partial charge on any atom is 0.221 e. The third-order valence-corrected chi connectivity index (χ3v) is 6.02. The predicted molar refractivity (Wildman–Crippen MR) is 95.4 cm³/mol. The van der Waals surface area contributed by atoms with E-state index >= 15 is 0 Å². The van der Waals surface area contributed by atoms with Crippen LogP contribution in [0.1, 0.15) is 20.3 Å². The number of benzene rings is 1. The Bertz CT molecular complexity index is 687. The van der Waals surface area contributed by atoms with Crippen molar-refractivity contribution in [1.29, 1.82) is 0 Å². The molecule has 0 unspecified atom stereocenters. The number of nitrogens with one attached hydrogen (secondary N) is 1. The van der Waals surface area contributed by atoms with Crippen LogP contribution in [-0.2, 0) is 14.6 Å². The Kier molecular flexibility index (Phi) is 7.07. The Morgan fingerprint density at radius 2 is 1.96 bits per heavy atom. The van der Waals surface area contributed by atoms with Crippen LogP contribution in [0.3, 0.4) is 0 Å². The number of ether oxygens (including phenoxy) is 1. The zero-order valence-corrected chi connectivity index (χ0v) is 16.3. The lowest BCUT2D eigenvalue weighted by atomic mass is 10.0. The molecular formula is C16H25ClN2O4S. The smallest absolute Gasteiger partial charge is 0.221 e. The Balaban J connectivity index is 2.65. The number of amides is 1. The van der Waals surface area contributed by atoms with Crippen molar-refractivity contribution in [3.8, 4) is 5.75 Å². The molecule has 0 spiro atoms. The number of hydrogen-bond donors (Lipinski definition) is 1. The zero-order chi connectivity index (χ0) is 18.5. The minimum absolute atomic E-state index is 0.0784. The first-order valence-electron chi connectivity index (χ1n) is 7.50. The molecule has 1 aromatic rings. The van der Waals surface area contributed by atoms with E-state index in [1.54, 1.807) is 0 Å². The number of likely N-dealkylation sites (N-methyl/N-ethyl adjacent to an activating group) is 1. The predicted octanol–water partition coefficient (Wildman–Crippen LogP) is 1.97. The Hall–Kier alpha value is -1.31. The van der Waals surface area contributed by atoms with Gasteiger partial charge in [0.25, 0.3) is 0 Å². The summed E-state index contributed by atoms with van der Waals surface area (Å²) < 4.78 is 29.6. The fraction of sp³-hybridized carbons (Fsp3) is 0.562. The third-order valence-electron chi connectivity index (χ3n) is 4.01. The summed E-state index contributed by atoms with van der Waals surface area (Å²) in [6.45, 7) is 4.42. The van der Waals surface area contributed by atoms with E-state index in [9.17, 15) is 13.2 Å². The summed E-state index contributed by atoms with van der Waals surface area (Å²) >= 11 is 5.95. The van der Waals surface area contributed by atoms with E-state index in [-0.39, 0.29) is 33.5 Å². The lowest BCUT2D eigenvalue weighted by Crippen LogP contribution is -2.48. The molecule has 1 aromatic carbocycles. The van der Waals surface area contributed by atoms with Crippen LogP contribution in [0, 0.1) is 0 Å². The van der Waals surface area contributed by atoms with Gasteiger partial charge in [-0.05, 0) is 46.1 Å². The minimum Gasteiger partial charge on any atom is -0.495 e. The number of halogens is 1. The molecule has 0 fully saturated rings. The van der Waals surface area contributed by atoms with E-state index in [0.717, 1.165) is 0 Å². The molecule has 0 saturated carbocycles. The van der Waals surface area contributed by atoms with Crippen molar-refractivity contribution < 1.29 is 17.9 Å². The molecule has 0 radical (unpaired) electrons. The molecule has 0 heterocycles. The van der Waals surface area contributed by atoms with E-state index in [1.807, 2.05) is 32.8 Å². The van der Waals surface area contributed by atoms with Gasteiger partial charge in [0.1, 0.15) is 5.75 Å². The highest BCUT2D eigenvalue weighted by molar-refractivity contribution is 7.91. The molecule has 1 amide bonds. The first kappa shape index (κ1) is 20.7. The van der Waals surface area contributed by atoms with Gasteiger partial charge in [0.15, 0.2) is 9.84 Å². The van der Waals surface area contributed by atoms with Gasteiger partial charge in [0.2, 0.25) is 5.91 Å². The minimum atomic E-state index is -3.58. The topological polar surface area (TPSA) is 75.7 Å². The average Bonchev–Trinajstić information content (AvgIpc) is 2.50. The van der Waals surface area contributed by atoms with Gasteiger partial charge in [0, 0.05) is 18.5 Å². The van der Waals surface area contributed by atoms with Gasteiger partial charge in [0.05, 0.1) is 22.8 Å². The van der Waals surface area contributed by atoms with Crippen molar-refractivity contribution in [2.45, 2.75) is 30.7 Å². The van der Waals surface area contributed by atoms with Crippen molar-refractivity contribution in [2.24, 2.45) is 0 Å². The van der Waals surface area contributed by atoms with Crippen LogP contribution in [0.4, 0.5) is 0 Å².